The normalized spacial score (nSPS) is 10.4. The summed E-state index contributed by atoms with van der Waals surface area (Å²) in [7, 11) is 0. The average molecular weight is 252 g/mol. The molecule has 0 unspecified atom stereocenters. The highest BCUT2D eigenvalue weighted by Gasteiger charge is 1.98. The second-order valence-corrected chi connectivity index (χ2v) is 4.51. The molecular formula is C13H11Cl2N. The zero-order valence-corrected chi connectivity index (χ0v) is 10.2. The fourth-order valence-corrected chi connectivity index (χ4v) is 1.98. The van der Waals surface area contributed by atoms with Gasteiger partial charge in [-0.25, -0.2) is 0 Å². The Morgan fingerprint density at radius 3 is 2.38 bits per heavy atom. The molecule has 0 aliphatic heterocycles. The number of pyridine rings is 1. The molecule has 1 aromatic carbocycles. The van der Waals surface area contributed by atoms with Gasteiger partial charge < -0.3 is 0 Å². The summed E-state index contributed by atoms with van der Waals surface area (Å²) in [4.78, 5) is 4.06. The van der Waals surface area contributed by atoms with E-state index in [4.69, 9.17) is 23.2 Å². The van der Waals surface area contributed by atoms with Crippen molar-refractivity contribution in [3.05, 3.63) is 63.9 Å². The third-order valence-corrected chi connectivity index (χ3v) is 2.79. The first-order valence-electron chi connectivity index (χ1n) is 5.08. The van der Waals surface area contributed by atoms with Crippen LogP contribution >= 0.6 is 23.2 Å². The predicted octanol–water partition coefficient (Wildman–Crippen LogP) is 4.17. The van der Waals surface area contributed by atoms with Gasteiger partial charge in [-0.15, -0.1) is 0 Å². The maximum Gasteiger partial charge on any atom is 0.0592 e. The Balaban J connectivity index is 2.02. The summed E-state index contributed by atoms with van der Waals surface area (Å²) in [5, 5.41) is 1.46. The maximum atomic E-state index is 5.92. The Morgan fingerprint density at radius 2 is 1.62 bits per heavy atom. The first kappa shape index (κ1) is 11.4. The first-order chi connectivity index (χ1) is 7.74. The summed E-state index contributed by atoms with van der Waals surface area (Å²) < 4.78 is 0. The van der Waals surface area contributed by atoms with Gasteiger partial charge >= 0.3 is 0 Å². The van der Waals surface area contributed by atoms with E-state index in [2.05, 4.69) is 11.1 Å². The van der Waals surface area contributed by atoms with Gasteiger partial charge in [-0.3, -0.25) is 4.98 Å². The molecule has 0 aliphatic carbocycles. The largest absolute Gasteiger partial charge is 0.263 e. The molecule has 0 saturated carbocycles. The highest BCUT2D eigenvalue weighted by Crippen LogP contribution is 2.14. The van der Waals surface area contributed by atoms with Crippen molar-refractivity contribution in [2.45, 2.75) is 12.8 Å². The molecule has 0 radical (unpaired) electrons. The van der Waals surface area contributed by atoms with Crippen molar-refractivity contribution in [2.75, 3.05) is 0 Å². The number of halogens is 2. The quantitative estimate of drug-likeness (QED) is 0.798. The van der Waals surface area contributed by atoms with Crippen molar-refractivity contribution in [2.24, 2.45) is 0 Å². The molecule has 2 aromatic rings. The molecule has 0 amide bonds. The van der Waals surface area contributed by atoms with Crippen molar-refractivity contribution in [1.29, 1.82) is 0 Å². The van der Waals surface area contributed by atoms with Crippen LogP contribution in [0.25, 0.3) is 0 Å². The number of aryl methyl sites for hydroxylation is 2. The van der Waals surface area contributed by atoms with E-state index in [0.29, 0.717) is 5.02 Å². The summed E-state index contributed by atoms with van der Waals surface area (Å²) in [5.41, 5.74) is 2.37. The minimum absolute atomic E-state index is 0.684. The van der Waals surface area contributed by atoms with Crippen LogP contribution in [-0.4, -0.2) is 4.98 Å². The van der Waals surface area contributed by atoms with E-state index in [9.17, 15) is 0 Å². The Bertz CT molecular complexity index is 437. The van der Waals surface area contributed by atoms with E-state index in [1.54, 1.807) is 6.20 Å². The fourth-order valence-electron chi connectivity index (χ4n) is 1.57. The minimum Gasteiger partial charge on any atom is -0.263 e. The summed E-state index contributed by atoms with van der Waals surface area (Å²) in [6.07, 6.45) is 5.36. The molecule has 0 bridgehead atoms. The van der Waals surface area contributed by atoms with Crippen LogP contribution in [0.3, 0.4) is 0 Å². The van der Waals surface area contributed by atoms with Gasteiger partial charge in [0.1, 0.15) is 0 Å². The molecule has 1 heterocycles. The van der Waals surface area contributed by atoms with Crippen molar-refractivity contribution in [1.82, 2.24) is 4.98 Å². The van der Waals surface area contributed by atoms with Crippen molar-refractivity contribution >= 4 is 23.2 Å². The van der Waals surface area contributed by atoms with Crippen LogP contribution in [0.2, 0.25) is 10.0 Å². The maximum absolute atomic E-state index is 5.92. The molecule has 0 aliphatic rings. The lowest BCUT2D eigenvalue weighted by Crippen LogP contribution is -1.92. The molecule has 1 nitrogen and oxygen atoms in total. The molecule has 0 saturated heterocycles. The van der Waals surface area contributed by atoms with Crippen molar-refractivity contribution in [3.63, 3.8) is 0 Å². The van der Waals surface area contributed by atoms with Crippen LogP contribution in [0.1, 0.15) is 11.1 Å². The molecular weight excluding hydrogens is 241 g/mol. The Morgan fingerprint density at radius 1 is 0.875 bits per heavy atom. The lowest BCUT2D eigenvalue weighted by atomic mass is 10.1. The highest BCUT2D eigenvalue weighted by atomic mass is 35.5. The summed E-state index contributed by atoms with van der Waals surface area (Å²) in [5.74, 6) is 0. The first-order valence-corrected chi connectivity index (χ1v) is 5.83. The van der Waals surface area contributed by atoms with Crippen LogP contribution in [-0.2, 0) is 12.8 Å². The average Bonchev–Trinajstić information content (AvgIpc) is 2.27. The third-order valence-electron chi connectivity index (χ3n) is 2.35. The smallest absolute Gasteiger partial charge is 0.0592 e. The van der Waals surface area contributed by atoms with Gasteiger partial charge in [0, 0.05) is 17.4 Å². The van der Waals surface area contributed by atoms with Gasteiger partial charge in [0.15, 0.2) is 0 Å². The van der Waals surface area contributed by atoms with Crippen LogP contribution in [0, 0.1) is 0 Å². The second kappa shape index (κ2) is 5.33. The van der Waals surface area contributed by atoms with Crippen LogP contribution in [0.4, 0.5) is 0 Å². The van der Waals surface area contributed by atoms with E-state index in [1.165, 1.54) is 5.56 Å². The van der Waals surface area contributed by atoms with E-state index in [1.807, 2.05) is 30.5 Å². The van der Waals surface area contributed by atoms with Crippen LogP contribution in [0.5, 0.6) is 0 Å². The standard InChI is InChI=1S/C13H11Cl2N/c14-12-3-1-2-10(6-12)4-5-11-7-13(15)9-16-8-11/h1-3,6-9H,4-5H2. The highest BCUT2D eigenvalue weighted by molar-refractivity contribution is 6.30. The van der Waals surface area contributed by atoms with E-state index in [-0.39, 0.29) is 0 Å². The van der Waals surface area contributed by atoms with Gasteiger partial charge in [-0.2, -0.15) is 0 Å². The summed E-state index contributed by atoms with van der Waals surface area (Å²) >= 11 is 11.8. The number of nitrogens with zero attached hydrogens (tertiary/aromatic N) is 1. The van der Waals surface area contributed by atoms with Gasteiger partial charge in [0.25, 0.3) is 0 Å². The zero-order valence-electron chi connectivity index (χ0n) is 8.66. The predicted molar refractivity (Wildman–Crippen MR) is 68.1 cm³/mol. The third kappa shape index (κ3) is 3.22. The van der Waals surface area contributed by atoms with E-state index < -0.39 is 0 Å². The van der Waals surface area contributed by atoms with E-state index >= 15 is 0 Å². The molecule has 0 atom stereocenters. The van der Waals surface area contributed by atoms with Crippen molar-refractivity contribution < 1.29 is 0 Å². The monoisotopic (exact) mass is 251 g/mol. The lowest BCUT2D eigenvalue weighted by Gasteiger charge is -2.02. The molecule has 1 aromatic heterocycles. The topological polar surface area (TPSA) is 12.9 Å². The molecule has 0 spiro atoms. The van der Waals surface area contributed by atoms with Gasteiger partial charge in [-0.05, 0) is 42.2 Å². The minimum atomic E-state index is 0.684. The molecule has 82 valence electrons. The molecule has 16 heavy (non-hydrogen) atoms. The number of benzene rings is 1. The van der Waals surface area contributed by atoms with Gasteiger partial charge in [-0.1, -0.05) is 35.3 Å². The zero-order chi connectivity index (χ0) is 11.4. The molecule has 0 N–H and O–H groups in total. The second-order valence-electron chi connectivity index (χ2n) is 3.64. The van der Waals surface area contributed by atoms with E-state index in [0.717, 1.165) is 23.4 Å². The Labute approximate surface area is 105 Å². The fraction of sp³-hybridized carbons (Fsp3) is 0.154. The van der Waals surface area contributed by atoms with Crippen LogP contribution in [0.15, 0.2) is 42.7 Å². The molecule has 0 fully saturated rings. The number of rotatable bonds is 3. The SMILES string of the molecule is Clc1cccc(CCc2cncc(Cl)c2)c1. The van der Waals surface area contributed by atoms with Crippen LogP contribution < -0.4 is 0 Å². The summed E-state index contributed by atoms with van der Waals surface area (Å²) in [6.45, 7) is 0. The molecule has 2 rings (SSSR count). The molecule has 3 heteroatoms. The summed E-state index contributed by atoms with van der Waals surface area (Å²) in [6, 6.07) is 9.85. The van der Waals surface area contributed by atoms with Gasteiger partial charge in [0.2, 0.25) is 0 Å². The number of hydrogen-bond acceptors (Lipinski definition) is 1. The van der Waals surface area contributed by atoms with Crippen molar-refractivity contribution in [3.8, 4) is 0 Å². The number of hydrogen-bond donors (Lipinski definition) is 0. The Hall–Kier alpha value is -1.05. The number of aromatic nitrogens is 1. The Kier molecular flexibility index (Phi) is 3.81. The lowest BCUT2D eigenvalue weighted by molar-refractivity contribution is 0.950. The van der Waals surface area contributed by atoms with Gasteiger partial charge in [0.05, 0.1) is 5.02 Å².